The number of nitrogens with one attached hydrogen (secondary N) is 1. The predicted molar refractivity (Wildman–Crippen MR) is 121 cm³/mol. The molecule has 1 aliphatic heterocycles. The number of hydrogen-bond donors (Lipinski definition) is 2. The van der Waals surface area contributed by atoms with E-state index in [0.29, 0.717) is 24.3 Å². The van der Waals surface area contributed by atoms with E-state index in [9.17, 15) is 19.5 Å². The van der Waals surface area contributed by atoms with Gasteiger partial charge in [-0.15, -0.1) is 0 Å². The van der Waals surface area contributed by atoms with E-state index in [1.54, 1.807) is 6.08 Å². The molecule has 2 aromatic rings. The topological polar surface area (TPSA) is 109 Å². The molecule has 0 atom stereocenters. The van der Waals surface area contributed by atoms with Crippen molar-refractivity contribution >= 4 is 23.5 Å². The molecule has 2 amide bonds. The minimum Gasteiger partial charge on any atom is -0.492 e. The molecule has 2 aliphatic rings. The van der Waals surface area contributed by atoms with Gasteiger partial charge in [-0.1, -0.05) is 13.8 Å². The van der Waals surface area contributed by atoms with Gasteiger partial charge in [0.2, 0.25) is 11.8 Å². The fraction of sp³-hybridized carbons (Fsp3) is 0.565. The molecule has 0 bridgehead atoms. The summed E-state index contributed by atoms with van der Waals surface area (Å²) in [5.41, 5.74) is -0.182. The molecule has 3 heterocycles. The van der Waals surface area contributed by atoms with Gasteiger partial charge in [-0.05, 0) is 51.5 Å². The summed E-state index contributed by atoms with van der Waals surface area (Å²) in [6.07, 6.45) is 8.26. The zero-order chi connectivity index (χ0) is 23.2. The van der Waals surface area contributed by atoms with E-state index in [-0.39, 0.29) is 29.0 Å². The van der Waals surface area contributed by atoms with E-state index >= 15 is 0 Å². The second-order valence-corrected chi connectivity index (χ2v) is 9.83. The maximum Gasteiger partial charge on any atom is 0.270 e. The summed E-state index contributed by atoms with van der Waals surface area (Å²) in [6.45, 7) is 9.08. The zero-order valence-electron chi connectivity index (χ0n) is 19.1. The molecule has 0 aromatic carbocycles. The van der Waals surface area contributed by atoms with Crippen molar-refractivity contribution < 1.29 is 14.7 Å². The fourth-order valence-electron chi connectivity index (χ4n) is 4.32. The Morgan fingerprint density at radius 1 is 1.34 bits per heavy atom. The van der Waals surface area contributed by atoms with E-state index in [4.69, 9.17) is 0 Å². The Bertz CT molecular complexity index is 1150. The molecular weight excluding hydrogens is 410 g/mol. The average molecular weight is 442 g/mol. The summed E-state index contributed by atoms with van der Waals surface area (Å²) < 4.78 is 2.67. The number of aromatic nitrogens is 3. The van der Waals surface area contributed by atoms with Gasteiger partial charge in [0.05, 0.1) is 6.20 Å². The molecule has 1 saturated heterocycles. The fourth-order valence-corrected chi connectivity index (χ4v) is 4.32. The molecule has 0 unspecified atom stereocenters. The van der Waals surface area contributed by atoms with Gasteiger partial charge in [-0.25, -0.2) is 0 Å². The first-order chi connectivity index (χ1) is 15.1. The number of carbonyl (C=O) groups excluding carboxylic acids is 2. The number of carbonyl (C=O) groups is 2. The third kappa shape index (κ3) is 4.03. The van der Waals surface area contributed by atoms with E-state index < -0.39 is 17.3 Å². The van der Waals surface area contributed by atoms with Crippen molar-refractivity contribution in [1.29, 1.82) is 0 Å². The average Bonchev–Trinajstić information content (AvgIpc) is 3.29. The largest absolute Gasteiger partial charge is 0.492 e. The molecule has 0 spiro atoms. The van der Waals surface area contributed by atoms with Gasteiger partial charge < -0.3 is 15.3 Å². The molecule has 0 radical (unpaired) electrons. The van der Waals surface area contributed by atoms with Crippen molar-refractivity contribution in [2.45, 2.75) is 71.5 Å². The second-order valence-electron chi connectivity index (χ2n) is 9.83. The van der Waals surface area contributed by atoms with Crippen LogP contribution < -0.4 is 10.9 Å². The Morgan fingerprint density at radius 3 is 2.66 bits per heavy atom. The molecule has 1 saturated carbocycles. The van der Waals surface area contributed by atoms with Gasteiger partial charge in [-0.3, -0.25) is 19.0 Å². The summed E-state index contributed by atoms with van der Waals surface area (Å²) in [7, 11) is 0. The molecule has 4 rings (SSSR count). The number of nitrogens with zero attached hydrogens (tertiary/aromatic N) is 4. The highest BCUT2D eigenvalue weighted by Crippen LogP contribution is 2.29. The van der Waals surface area contributed by atoms with Crippen LogP contribution in [0.3, 0.4) is 0 Å². The van der Waals surface area contributed by atoms with Crippen molar-refractivity contribution in [1.82, 2.24) is 24.4 Å². The number of hydrogen-bond acceptors (Lipinski definition) is 5. The van der Waals surface area contributed by atoms with Crippen LogP contribution in [0.25, 0.3) is 11.7 Å². The lowest BCUT2D eigenvalue weighted by Gasteiger charge is -2.30. The number of likely N-dealkylation sites (tertiary alicyclic amines) is 1. The molecule has 2 aromatic heterocycles. The maximum atomic E-state index is 13.3. The van der Waals surface area contributed by atoms with Crippen LogP contribution in [0.15, 0.2) is 17.1 Å². The Kier molecular flexibility index (Phi) is 5.60. The van der Waals surface area contributed by atoms with Gasteiger partial charge in [0.1, 0.15) is 5.65 Å². The van der Waals surface area contributed by atoms with Gasteiger partial charge in [0, 0.05) is 36.3 Å². The summed E-state index contributed by atoms with van der Waals surface area (Å²) in [6, 6.07) is 0.0486. The first kappa shape index (κ1) is 22.1. The van der Waals surface area contributed by atoms with Crippen molar-refractivity contribution in [3.63, 3.8) is 0 Å². The van der Waals surface area contributed by atoms with Crippen LogP contribution in [0.4, 0.5) is 0 Å². The van der Waals surface area contributed by atoms with Crippen LogP contribution in [-0.2, 0) is 11.3 Å². The quantitative estimate of drug-likeness (QED) is 0.668. The van der Waals surface area contributed by atoms with Gasteiger partial charge in [-0.2, -0.15) is 9.61 Å². The van der Waals surface area contributed by atoms with E-state index in [1.165, 1.54) is 21.4 Å². The normalized spacial score (nSPS) is 18.2. The Hall–Kier alpha value is -3.10. The molecule has 172 valence electrons. The van der Waals surface area contributed by atoms with Crippen LogP contribution in [0.2, 0.25) is 0 Å². The molecule has 2 N–H and O–H groups in total. The highest BCUT2D eigenvalue weighted by molar-refractivity contribution is 5.97. The molecule has 9 nitrogen and oxygen atoms in total. The lowest BCUT2D eigenvalue weighted by Crippen LogP contribution is -2.41. The lowest BCUT2D eigenvalue weighted by atomic mass is 10.0. The monoisotopic (exact) mass is 441 g/mol. The van der Waals surface area contributed by atoms with E-state index in [0.717, 1.165) is 25.7 Å². The van der Waals surface area contributed by atoms with Crippen LogP contribution in [-0.4, -0.2) is 54.1 Å². The van der Waals surface area contributed by atoms with Crippen LogP contribution in [0.5, 0.6) is 5.88 Å². The minimum atomic E-state index is -0.589. The lowest BCUT2D eigenvalue weighted by molar-refractivity contribution is -0.128. The highest BCUT2D eigenvalue weighted by Gasteiger charge is 2.34. The van der Waals surface area contributed by atoms with Crippen LogP contribution in [0, 0.1) is 5.92 Å². The summed E-state index contributed by atoms with van der Waals surface area (Å²) >= 11 is 0. The van der Waals surface area contributed by atoms with Gasteiger partial charge in [0.15, 0.2) is 5.56 Å². The van der Waals surface area contributed by atoms with Gasteiger partial charge >= 0.3 is 0 Å². The number of aromatic hydroxyl groups is 1. The minimum absolute atomic E-state index is 0.0486. The second kappa shape index (κ2) is 8.11. The standard InChI is InChI=1S/C23H31N5O4/c1-14(2)13-26-20-15(6-9-17(29)27-11-5-10-23(27,3)4)12-24-28(20)22(32)18(21(26)31)19(30)25-16-7-8-16/h6,9,12,14,16,32H,5,7-8,10-11,13H2,1-4H3,(H,25,30)/b9-6+. The third-order valence-electron chi connectivity index (χ3n) is 6.17. The summed E-state index contributed by atoms with van der Waals surface area (Å²) in [5.74, 6) is -1.07. The van der Waals surface area contributed by atoms with Crippen molar-refractivity contribution in [3.8, 4) is 5.88 Å². The molecule has 9 heteroatoms. The zero-order valence-corrected chi connectivity index (χ0v) is 19.1. The van der Waals surface area contributed by atoms with E-state index in [2.05, 4.69) is 10.4 Å². The first-order valence-corrected chi connectivity index (χ1v) is 11.2. The number of rotatable bonds is 6. The molecule has 1 aliphatic carbocycles. The molecule has 2 fully saturated rings. The number of fused-ring (bicyclic) bond motifs is 1. The van der Waals surface area contributed by atoms with Gasteiger partial charge in [0.25, 0.3) is 11.5 Å². The number of amides is 2. The molecular formula is C23H31N5O4. The third-order valence-corrected chi connectivity index (χ3v) is 6.17. The summed E-state index contributed by atoms with van der Waals surface area (Å²) in [4.78, 5) is 40.5. The Balaban J connectivity index is 1.77. The molecule has 32 heavy (non-hydrogen) atoms. The van der Waals surface area contributed by atoms with Crippen molar-refractivity contribution in [2.24, 2.45) is 5.92 Å². The summed E-state index contributed by atoms with van der Waals surface area (Å²) in [5, 5.41) is 17.7. The van der Waals surface area contributed by atoms with Crippen molar-refractivity contribution in [3.05, 3.63) is 33.8 Å². The van der Waals surface area contributed by atoms with Crippen LogP contribution >= 0.6 is 0 Å². The Morgan fingerprint density at radius 2 is 2.06 bits per heavy atom. The van der Waals surface area contributed by atoms with Crippen molar-refractivity contribution in [2.75, 3.05) is 6.54 Å². The predicted octanol–water partition coefficient (Wildman–Crippen LogP) is 2.16. The highest BCUT2D eigenvalue weighted by atomic mass is 16.3. The Labute approximate surface area is 186 Å². The smallest absolute Gasteiger partial charge is 0.270 e. The van der Waals surface area contributed by atoms with E-state index in [1.807, 2.05) is 32.6 Å². The SMILES string of the molecule is CC(C)Cn1c(=O)c(C(=O)NC2CC2)c(O)n2ncc(/C=C/C(=O)N3CCCC3(C)C)c12. The first-order valence-electron chi connectivity index (χ1n) is 11.2. The maximum absolute atomic E-state index is 13.3. The van der Waals surface area contributed by atoms with Crippen LogP contribution in [0.1, 0.15) is 69.3 Å².